The van der Waals surface area contributed by atoms with E-state index in [0.29, 0.717) is 13.0 Å². The molecule has 1 atom stereocenters. The minimum absolute atomic E-state index is 0.0725. The number of benzene rings is 1. The second-order valence-corrected chi connectivity index (χ2v) is 5.88. The van der Waals surface area contributed by atoms with Crippen LogP contribution >= 0.6 is 0 Å². The van der Waals surface area contributed by atoms with Crippen molar-refractivity contribution >= 4 is 11.6 Å². The van der Waals surface area contributed by atoms with Crippen molar-refractivity contribution in [2.45, 2.75) is 39.2 Å². The van der Waals surface area contributed by atoms with Gasteiger partial charge in [0.2, 0.25) is 5.91 Å². The number of likely N-dealkylation sites (tertiary alicyclic amines) is 1. The Kier molecular flexibility index (Phi) is 4.96. The van der Waals surface area contributed by atoms with Gasteiger partial charge in [0.25, 0.3) is 5.69 Å². The number of piperidine rings is 1. The molecule has 0 spiro atoms. The summed E-state index contributed by atoms with van der Waals surface area (Å²) in [4.78, 5) is 25.0. The monoisotopic (exact) mass is 302 g/mol. The van der Waals surface area contributed by atoms with Gasteiger partial charge in [-0.15, -0.1) is 6.58 Å². The molecule has 2 rings (SSSR count). The molecule has 1 amide bonds. The molecule has 0 aromatic heterocycles. The fraction of sp³-hybridized carbons (Fsp3) is 0.471. The predicted octanol–water partition coefficient (Wildman–Crippen LogP) is 3.69. The summed E-state index contributed by atoms with van der Waals surface area (Å²) in [7, 11) is 0. The van der Waals surface area contributed by atoms with Crippen LogP contribution in [0.2, 0.25) is 0 Å². The number of nitro benzene ring substituents is 1. The van der Waals surface area contributed by atoms with Gasteiger partial charge in [0, 0.05) is 25.2 Å². The van der Waals surface area contributed by atoms with Crippen LogP contribution < -0.4 is 0 Å². The first kappa shape index (κ1) is 16.2. The quantitative estimate of drug-likeness (QED) is 0.457. The third kappa shape index (κ3) is 3.18. The number of allylic oxidation sites excluding steroid dienone is 1. The van der Waals surface area contributed by atoms with Gasteiger partial charge in [-0.25, -0.2) is 0 Å². The summed E-state index contributed by atoms with van der Waals surface area (Å²) in [6, 6.07) is 6.42. The molecule has 1 aliphatic heterocycles. The van der Waals surface area contributed by atoms with Crippen LogP contribution in [-0.4, -0.2) is 22.3 Å². The first-order chi connectivity index (χ1) is 10.5. The van der Waals surface area contributed by atoms with Crippen LogP contribution in [0.4, 0.5) is 5.69 Å². The molecule has 1 fully saturated rings. The number of non-ortho nitro benzene ring substituents is 1. The summed E-state index contributed by atoms with van der Waals surface area (Å²) in [6.07, 6.45) is 5.25. The van der Waals surface area contributed by atoms with Gasteiger partial charge in [-0.3, -0.25) is 14.9 Å². The molecule has 1 saturated heterocycles. The molecular formula is C17H22N2O3. The van der Waals surface area contributed by atoms with E-state index in [9.17, 15) is 14.9 Å². The highest BCUT2D eigenvalue weighted by molar-refractivity contribution is 5.83. The van der Waals surface area contributed by atoms with Gasteiger partial charge in [0.15, 0.2) is 0 Å². The number of amides is 1. The fourth-order valence-electron chi connectivity index (χ4n) is 3.18. The molecule has 1 aliphatic rings. The standard InChI is InChI=1S/C17H22N2O3/c1-3-10-17(4-2)11-5-12-18(16(17)20)13-14-6-8-15(9-7-14)19(21)22/h3,6-9H,1,4-5,10-13H2,2H3. The Hall–Kier alpha value is -2.17. The molecule has 0 aliphatic carbocycles. The van der Waals surface area contributed by atoms with Crippen molar-refractivity contribution in [3.05, 3.63) is 52.6 Å². The molecule has 1 aromatic rings. The molecule has 0 bridgehead atoms. The topological polar surface area (TPSA) is 63.4 Å². The zero-order valence-electron chi connectivity index (χ0n) is 13.0. The second-order valence-electron chi connectivity index (χ2n) is 5.88. The van der Waals surface area contributed by atoms with Crippen molar-refractivity contribution in [3.63, 3.8) is 0 Å². The Balaban J connectivity index is 2.13. The number of nitrogens with zero attached hydrogens (tertiary/aromatic N) is 2. The third-order valence-electron chi connectivity index (χ3n) is 4.56. The van der Waals surface area contributed by atoms with Crippen LogP contribution in [0.1, 0.15) is 38.2 Å². The molecule has 0 radical (unpaired) electrons. The van der Waals surface area contributed by atoms with Crippen molar-refractivity contribution in [1.29, 1.82) is 0 Å². The lowest BCUT2D eigenvalue weighted by Crippen LogP contribution is -2.47. The van der Waals surface area contributed by atoms with Gasteiger partial charge in [-0.05, 0) is 31.2 Å². The normalized spacial score (nSPS) is 21.7. The maximum atomic E-state index is 12.8. The third-order valence-corrected chi connectivity index (χ3v) is 4.56. The highest BCUT2D eigenvalue weighted by atomic mass is 16.6. The Morgan fingerprint density at radius 1 is 1.41 bits per heavy atom. The lowest BCUT2D eigenvalue weighted by atomic mass is 9.74. The molecule has 0 saturated carbocycles. The van der Waals surface area contributed by atoms with Crippen molar-refractivity contribution < 1.29 is 9.72 Å². The molecule has 5 nitrogen and oxygen atoms in total. The summed E-state index contributed by atoms with van der Waals surface area (Å²) < 4.78 is 0. The van der Waals surface area contributed by atoms with E-state index in [2.05, 4.69) is 13.5 Å². The SMILES string of the molecule is C=CCC1(CC)CCCN(Cc2ccc([N+](=O)[O-])cc2)C1=O. The molecule has 1 aromatic carbocycles. The van der Waals surface area contributed by atoms with Gasteiger partial charge >= 0.3 is 0 Å². The van der Waals surface area contributed by atoms with Crippen LogP contribution in [0.3, 0.4) is 0 Å². The Bertz CT molecular complexity index is 568. The largest absolute Gasteiger partial charge is 0.338 e. The number of carbonyl (C=O) groups is 1. The van der Waals surface area contributed by atoms with E-state index in [1.54, 1.807) is 12.1 Å². The van der Waals surface area contributed by atoms with Gasteiger partial charge in [-0.2, -0.15) is 0 Å². The van der Waals surface area contributed by atoms with E-state index in [4.69, 9.17) is 0 Å². The maximum Gasteiger partial charge on any atom is 0.269 e. The van der Waals surface area contributed by atoms with Gasteiger partial charge in [0.1, 0.15) is 0 Å². The average molecular weight is 302 g/mol. The Morgan fingerprint density at radius 2 is 2.09 bits per heavy atom. The summed E-state index contributed by atoms with van der Waals surface area (Å²) in [5.74, 6) is 0.180. The van der Waals surface area contributed by atoms with Crippen LogP contribution in [0, 0.1) is 15.5 Å². The average Bonchev–Trinajstić information content (AvgIpc) is 2.52. The number of carbonyl (C=O) groups excluding carboxylic acids is 1. The molecule has 118 valence electrons. The maximum absolute atomic E-state index is 12.8. The molecule has 22 heavy (non-hydrogen) atoms. The molecule has 0 N–H and O–H groups in total. The van der Waals surface area contributed by atoms with Crippen LogP contribution in [0.5, 0.6) is 0 Å². The molecule has 1 heterocycles. The minimum atomic E-state index is -0.415. The first-order valence-electron chi connectivity index (χ1n) is 7.66. The predicted molar refractivity (Wildman–Crippen MR) is 85.3 cm³/mol. The first-order valence-corrected chi connectivity index (χ1v) is 7.66. The molecule has 1 unspecified atom stereocenters. The summed E-state index contributed by atoms with van der Waals surface area (Å²) >= 11 is 0. The Morgan fingerprint density at radius 3 is 2.64 bits per heavy atom. The van der Waals surface area contributed by atoms with Gasteiger partial charge in [-0.1, -0.05) is 25.1 Å². The van der Waals surface area contributed by atoms with Crippen LogP contribution in [0.15, 0.2) is 36.9 Å². The van der Waals surface area contributed by atoms with E-state index >= 15 is 0 Å². The van der Waals surface area contributed by atoms with Crippen molar-refractivity contribution in [3.8, 4) is 0 Å². The van der Waals surface area contributed by atoms with Gasteiger partial charge < -0.3 is 4.90 Å². The highest BCUT2D eigenvalue weighted by Crippen LogP contribution is 2.38. The summed E-state index contributed by atoms with van der Waals surface area (Å²) in [6.45, 7) is 7.09. The minimum Gasteiger partial charge on any atom is -0.338 e. The van der Waals surface area contributed by atoms with Crippen LogP contribution in [0.25, 0.3) is 0 Å². The van der Waals surface area contributed by atoms with E-state index in [-0.39, 0.29) is 17.0 Å². The molecule has 5 heteroatoms. The highest BCUT2D eigenvalue weighted by Gasteiger charge is 2.41. The second kappa shape index (κ2) is 6.73. The van der Waals surface area contributed by atoms with Gasteiger partial charge in [0.05, 0.1) is 10.3 Å². The van der Waals surface area contributed by atoms with E-state index in [1.165, 1.54) is 12.1 Å². The number of rotatable bonds is 6. The van der Waals surface area contributed by atoms with E-state index in [1.807, 2.05) is 11.0 Å². The lowest BCUT2D eigenvalue weighted by molar-refractivity contribution is -0.384. The number of hydrogen-bond acceptors (Lipinski definition) is 3. The number of nitro groups is 1. The van der Waals surface area contributed by atoms with E-state index < -0.39 is 4.92 Å². The zero-order valence-corrected chi connectivity index (χ0v) is 13.0. The fourth-order valence-corrected chi connectivity index (χ4v) is 3.18. The molecular weight excluding hydrogens is 280 g/mol. The van der Waals surface area contributed by atoms with Crippen molar-refractivity contribution in [2.75, 3.05) is 6.54 Å². The van der Waals surface area contributed by atoms with Crippen molar-refractivity contribution in [2.24, 2.45) is 5.41 Å². The Labute approximate surface area is 130 Å². The van der Waals surface area contributed by atoms with Crippen molar-refractivity contribution in [1.82, 2.24) is 4.90 Å². The summed E-state index contributed by atoms with van der Waals surface area (Å²) in [5, 5.41) is 10.7. The lowest BCUT2D eigenvalue weighted by Gasteiger charge is -2.41. The zero-order chi connectivity index (χ0) is 16.2. The number of hydrogen-bond donors (Lipinski definition) is 0. The summed E-state index contributed by atoms with van der Waals surface area (Å²) in [5.41, 5.74) is 0.675. The van der Waals surface area contributed by atoms with E-state index in [0.717, 1.165) is 31.4 Å². The smallest absolute Gasteiger partial charge is 0.269 e. The van der Waals surface area contributed by atoms with Crippen LogP contribution in [-0.2, 0) is 11.3 Å².